The number of carbonyl (C=O) groups is 1. The number of carboxylic acid groups (broad SMARTS) is 1. The highest BCUT2D eigenvalue weighted by molar-refractivity contribution is 7.88. The van der Waals surface area contributed by atoms with Crippen LogP contribution in [0.2, 0.25) is 0 Å². The van der Waals surface area contributed by atoms with Crippen LogP contribution in [-0.4, -0.2) is 41.2 Å². The van der Waals surface area contributed by atoms with Gasteiger partial charge in [0.15, 0.2) is 0 Å². The zero-order valence-electron chi connectivity index (χ0n) is 14.9. The normalized spacial score (nSPS) is 15.0. The van der Waals surface area contributed by atoms with Gasteiger partial charge in [0.2, 0.25) is 10.0 Å². The van der Waals surface area contributed by atoms with E-state index < -0.39 is 16.0 Å². The second-order valence-electron chi connectivity index (χ2n) is 6.84. The van der Waals surface area contributed by atoms with Gasteiger partial charge in [-0.25, -0.2) is 13.2 Å². The molecule has 4 rings (SSSR count). The fourth-order valence-corrected chi connectivity index (χ4v) is 4.65. The highest BCUT2D eigenvalue weighted by atomic mass is 32.2. The monoisotopic (exact) mass is 384 g/mol. The number of para-hydroxylation sites is 1. The van der Waals surface area contributed by atoms with E-state index in [1.54, 1.807) is 12.1 Å². The third kappa shape index (κ3) is 3.13. The lowest BCUT2D eigenvalue weighted by Crippen LogP contribution is -2.35. The Morgan fingerprint density at radius 1 is 1.11 bits per heavy atom. The van der Waals surface area contributed by atoms with Crippen molar-refractivity contribution in [2.24, 2.45) is 0 Å². The van der Waals surface area contributed by atoms with Gasteiger partial charge in [-0.15, -0.1) is 0 Å². The van der Waals surface area contributed by atoms with E-state index in [1.165, 1.54) is 10.6 Å². The molecule has 2 heterocycles. The summed E-state index contributed by atoms with van der Waals surface area (Å²) in [6.07, 6.45) is 1.88. The smallest absolute Gasteiger partial charge is 0.336 e. The molecule has 0 saturated heterocycles. The molecule has 7 heteroatoms. The van der Waals surface area contributed by atoms with Crippen molar-refractivity contribution in [1.82, 2.24) is 8.87 Å². The van der Waals surface area contributed by atoms with Crippen LogP contribution >= 0.6 is 0 Å². The number of hydrogen-bond acceptors (Lipinski definition) is 3. The molecule has 1 aromatic heterocycles. The van der Waals surface area contributed by atoms with Crippen LogP contribution in [0.15, 0.2) is 48.5 Å². The number of aromatic carboxylic acids is 1. The third-order valence-corrected chi connectivity index (χ3v) is 6.43. The summed E-state index contributed by atoms with van der Waals surface area (Å²) in [5.41, 5.74) is 4.05. The quantitative estimate of drug-likeness (QED) is 0.750. The minimum absolute atomic E-state index is 0.264. The highest BCUT2D eigenvalue weighted by Crippen LogP contribution is 2.32. The van der Waals surface area contributed by atoms with Crippen LogP contribution in [0.25, 0.3) is 10.9 Å². The second kappa shape index (κ2) is 6.51. The minimum Gasteiger partial charge on any atom is -0.478 e. The summed E-state index contributed by atoms with van der Waals surface area (Å²) in [7, 11) is -3.29. The van der Waals surface area contributed by atoms with Gasteiger partial charge in [0.05, 0.1) is 18.4 Å². The summed E-state index contributed by atoms with van der Waals surface area (Å²) in [4.78, 5) is 11.6. The van der Waals surface area contributed by atoms with Crippen LogP contribution in [0.3, 0.4) is 0 Å². The predicted molar refractivity (Wildman–Crippen MR) is 103 cm³/mol. The summed E-state index contributed by atoms with van der Waals surface area (Å²) in [5.74, 6) is -0.964. The fraction of sp³-hybridized carbons (Fsp3) is 0.250. The van der Waals surface area contributed by atoms with Crippen LogP contribution in [0.5, 0.6) is 0 Å². The first-order valence-electron chi connectivity index (χ1n) is 8.71. The van der Waals surface area contributed by atoms with Crippen molar-refractivity contribution in [2.75, 3.05) is 12.8 Å². The Hall–Kier alpha value is -2.64. The minimum atomic E-state index is -3.29. The van der Waals surface area contributed by atoms with Gasteiger partial charge in [-0.05, 0) is 29.7 Å². The molecule has 1 N–H and O–H groups in total. The fourth-order valence-electron chi connectivity index (χ4n) is 3.87. The van der Waals surface area contributed by atoms with Crippen molar-refractivity contribution < 1.29 is 18.3 Å². The van der Waals surface area contributed by atoms with E-state index in [4.69, 9.17) is 0 Å². The lowest BCUT2D eigenvalue weighted by atomic mass is 10.0. The van der Waals surface area contributed by atoms with E-state index in [9.17, 15) is 18.3 Å². The van der Waals surface area contributed by atoms with Crippen LogP contribution in [-0.2, 0) is 29.5 Å². The van der Waals surface area contributed by atoms with Crippen LogP contribution in [0.4, 0.5) is 0 Å². The van der Waals surface area contributed by atoms with Gasteiger partial charge < -0.3 is 9.67 Å². The van der Waals surface area contributed by atoms with Crippen LogP contribution < -0.4 is 0 Å². The van der Waals surface area contributed by atoms with Crippen molar-refractivity contribution in [2.45, 2.75) is 19.5 Å². The summed E-state index contributed by atoms with van der Waals surface area (Å²) in [6.45, 7) is 1.15. The Labute approximate surface area is 157 Å². The van der Waals surface area contributed by atoms with Crippen LogP contribution in [0.1, 0.15) is 27.2 Å². The SMILES string of the molecule is CS(=O)(=O)N1CCc2c(n(Cc3ccccc3C(=O)O)c3ccccc23)C1. The molecule has 0 saturated carbocycles. The summed E-state index contributed by atoms with van der Waals surface area (Å²) < 4.78 is 27.7. The van der Waals surface area contributed by atoms with Crippen molar-refractivity contribution in [3.63, 3.8) is 0 Å². The molecule has 6 nitrogen and oxygen atoms in total. The van der Waals surface area contributed by atoms with E-state index >= 15 is 0 Å². The molecule has 2 aromatic carbocycles. The van der Waals surface area contributed by atoms with Crippen molar-refractivity contribution in [3.8, 4) is 0 Å². The van der Waals surface area contributed by atoms with E-state index in [0.717, 1.165) is 22.2 Å². The summed E-state index contributed by atoms with van der Waals surface area (Å²) in [6, 6.07) is 14.9. The van der Waals surface area contributed by atoms with Gasteiger partial charge in [0.1, 0.15) is 0 Å². The molecule has 0 aliphatic carbocycles. The van der Waals surface area contributed by atoms with E-state index in [1.807, 2.05) is 36.4 Å². The zero-order valence-corrected chi connectivity index (χ0v) is 15.7. The first-order chi connectivity index (χ1) is 12.9. The van der Waals surface area contributed by atoms with E-state index in [0.29, 0.717) is 31.6 Å². The molecule has 0 atom stereocenters. The average molecular weight is 384 g/mol. The van der Waals surface area contributed by atoms with Gasteiger partial charge in [-0.1, -0.05) is 36.4 Å². The maximum atomic E-state index is 12.1. The topological polar surface area (TPSA) is 79.6 Å². The van der Waals surface area contributed by atoms with E-state index in [2.05, 4.69) is 4.57 Å². The molecule has 27 heavy (non-hydrogen) atoms. The number of fused-ring (bicyclic) bond motifs is 3. The summed E-state index contributed by atoms with van der Waals surface area (Å²) >= 11 is 0. The van der Waals surface area contributed by atoms with Gasteiger partial charge in [0, 0.05) is 29.7 Å². The molecule has 1 aliphatic heterocycles. The number of aromatic nitrogens is 1. The Kier molecular flexibility index (Phi) is 4.28. The second-order valence-corrected chi connectivity index (χ2v) is 8.82. The van der Waals surface area contributed by atoms with Gasteiger partial charge in [-0.2, -0.15) is 4.31 Å². The molecule has 140 valence electrons. The van der Waals surface area contributed by atoms with E-state index in [-0.39, 0.29) is 5.56 Å². The molecule has 0 fully saturated rings. The molecular weight excluding hydrogens is 364 g/mol. The lowest BCUT2D eigenvalue weighted by molar-refractivity contribution is 0.0695. The highest BCUT2D eigenvalue weighted by Gasteiger charge is 2.28. The first kappa shape index (κ1) is 17.8. The molecule has 0 bridgehead atoms. The third-order valence-electron chi connectivity index (χ3n) is 5.18. The maximum absolute atomic E-state index is 12.1. The lowest BCUT2D eigenvalue weighted by Gasteiger charge is -2.26. The molecule has 0 amide bonds. The Morgan fingerprint density at radius 3 is 2.56 bits per heavy atom. The number of rotatable bonds is 4. The van der Waals surface area contributed by atoms with Crippen molar-refractivity contribution in [1.29, 1.82) is 0 Å². The van der Waals surface area contributed by atoms with Gasteiger partial charge in [0.25, 0.3) is 0 Å². The Balaban J connectivity index is 1.88. The molecule has 0 spiro atoms. The standard InChI is InChI=1S/C20H20N2O4S/c1-27(25,26)21-11-10-17-16-8-4-5-9-18(16)22(19(17)13-21)12-14-6-2-3-7-15(14)20(23)24/h2-9H,10-13H2,1H3,(H,23,24). The number of sulfonamides is 1. The Bertz CT molecular complexity index is 1150. The first-order valence-corrected chi connectivity index (χ1v) is 10.6. The number of nitrogens with zero attached hydrogens (tertiary/aromatic N) is 2. The number of carboxylic acids is 1. The molecule has 1 aliphatic rings. The average Bonchev–Trinajstić information content (AvgIpc) is 2.95. The molecule has 0 radical (unpaired) electrons. The largest absolute Gasteiger partial charge is 0.478 e. The van der Waals surface area contributed by atoms with Crippen molar-refractivity contribution >= 4 is 26.9 Å². The van der Waals surface area contributed by atoms with Gasteiger partial charge in [-0.3, -0.25) is 0 Å². The molecule has 3 aromatic rings. The predicted octanol–water partition coefficient (Wildman–Crippen LogP) is 2.71. The van der Waals surface area contributed by atoms with Crippen LogP contribution in [0, 0.1) is 0 Å². The van der Waals surface area contributed by atoms with Crippen molar-refractivity contribution in [3.05, 3.63) is 70.9 Å². The van der Waals surface area contributed by atoms with Gasteiger partial charge >= 0.3 is 5.97 Å². The molecular formula is C20H20N2O4S. The molecule has 0 unspecified atom stereocenters. The summed E-state index contributed by atoms with van der Waals surface area (Å²) in [5, 5.41) is 10.6. The maximum Gasteiger partial charge on any atom is 0.336 e. The number of benzene rings is 2. The zero-order chi connectivity index (χ0) is 19.2. The number of hydrogen-bond donors (Lipinski definition) is 1. The Morgan fingerprint density at radius 2 is 1.81 bits per heavy atom.